The van der Waals surface area contributed by atoms with Gasteiger partial charge in [0.05, 0.1) is 11.6 Å². The lowest BCUT2D eigenvalue weighted by Gasteiger charge is -2.21. The van der Waals surface area contributed by atoms with Crippen molar-refractivity contribution in [2.24, 2.45) is 0 Å². The molecule has 2 fully saturated rings. The average molecular weight is 214 g/mol. The molecule has 4 heteroatoms. The van der Waals surface area contributed by atoms with Crippen LogP contribution in [0.1, 0.15) is 26.7 Å². The van der Waals surface area contributed by atoms with E-state index < -0.39 is 0 Å². The van der Waals surface area contributed by atoms with Crippen LogP contribution in [0.25, 0.3) is 0 Å². The van der Waals surface area contributed by atoms with E-state index in [1.807, 2.05) is 0 Å². The zero-order valence-electron chi connectivity index (χ0n) is 8.88. The highest BCUT2D eigenvalue weighted by atomic mass is 32.1. The van der Waals surface area contributed by atoms with Gasteiger partial charge in [-0.05, 0) is 38.9 Å². The average Bonchev–Trinajstić information content (AvgIpc) is 2.61. The molecule has 1 N–H and O–H groups in total. The van der Waals surface area contributed by atoms with Crippen LogP contribution in [0, 0.1) is 0 Å². The quantitative estimate of drug-likeness (QED) is 0.697. The molecule has 0 aromatic heterocycles. The fourth-order valence-corrected chi connectivity index (χ4v) is 2.55. The second-order valence-electron chi connectivity index (χ2n) is 4.83. The van der Waals surface area contributed by atoms with Crippen LogP contribution in [-0.2, 0) is 4.74 Å². The highest BCUT2D eigenvalue weighted by Gasteiger charge is 2.33. The Labute approximate surface area is 90.8 Å². The summed E-state index contributed by atoms with van der Waals surface area (Å²) in [5.74, 6) is 0. The second-order valence-corrected chi connectivity index (χ2v) is 5.22. The van der Waals surface area contributed by atoms with Crippen molar-refractivity contribution in [1.82, 2.24) is 10.2 Å². The van der Waals surface area contributed by atoms with Crippen LogP contribution in [0.2, 0.25) is 0 Å². The Bertz CT molecular complexity index is 236. The fraction of sp³-hybridized carbons (Fsp3) is 0.900. The van der Waals surface area contributed by atoms with Crippen LogP contribution in [0.15, 0.2) is 0 Å². The maximum absolute atomic E-state index is 5.60. The molecule has 2 heterocycles. The van der Waals surface area contributed by atoms with Gasteiger partial charge in [0.2, 0.25) is 0 Å². The van der Waals surface area contributed by atoms with Gasteiger partial charge in [-0.1, -0.05) is 0 Å². The third-order valence-electron chi connectivity index (χ3n) is 2.77. The van der Waals surface area contributed by atoms with Crippen molar-refractivity contribution in [2.75, 3.05) is 19.7 Å². The molecule has 0 radical (unpaired) electrons. The molecule has 2 aliphatic heterocycles. The van der Waals surface area contributed by atoms with Gasteiger partial charge in [0.1, 0.15) is 0 Å². The largest absolute Gasteiger partial charge is 0.376 e. The van der Waals surface area contributed by atoms with Crippen molar-refractivity contribution in [3.8, 4) is 0 Å². The third kappa shape index (κ3) is 2.17. The van der Waals surface area contributed by atoms with Crippen LogP contribution >= 0.6 is 12.2 Å². The number of hydrogen-bond acceptors (Lipinski definition) is 2. The summed E-state index contributed by atoms with van der Waals surface area (Å²) in [7, 11) is 0. The van der Waals surface area contributed by atoms with Crippen molar-refractivity contribution in [3.05, 3.63) is 0 Å². The smallest absolute Gasteiger partial charge is 0.169 e. The first kappa shape index (κ1) is 10.2. The highest BCUT2D eigenvalue weighted by Crippen LogP contribution is 2.19. The van der Waals surface area contributed by atoms with Gasteiger partial charge in [-0.25, -0.2) is 0 Å². The van der Waals surface area contributed by atoms with Gasteiger partial charge in [0, 0.05) is 19.7 Å². The first-order chi connectivity index (χ1) is 6.57. The maximum atomic E-state index is 5.60. The molecule has 3 nitrogen and oxygen atoms in total. The number of hydrogen-bond donors (Lipinski definition) is 1. The summed E-state index contributed by atoms with van der Waals surface area (Å²) in [5, 5.41) is 4.20. The normalized spacial score (nSPS) is 30.9. The second kappa shape index (κ2) is 3.66. The molecule has 14 heavy (non-hydrogen) atoms. The molecule has 80 valence electrons. The molecule has 0 aromatic carbocycles. The first-order valence-corrected chi connectivity index (χ1v) is 5.66. The predicted molar refractivity (Wildman–Crippen MR) is 60.4 cm³/mol. The van der Waals surface area contributed by atoms with Gasteiger partial charge in [-0.15, -0.1) is 0 Å². The molecular formula is C10H18N2OS. The zero-order chi connectivity index (χ0) is 10.2. The summed E-state index contributed by atoms with van der Waals surface area (Å²) in [5.41, 5.74) is 0.121. The Morgan fingerprint density at radius 2 is 2.43 bits per heavy atom. The molecule has 0 saturated carbocycles. The summed E-state index contributed by atoms with van der Waals surface area (Å²) < 4.78 is 5.60. The molecule has 2 rings (SSSR count). The molecule has 0 amide bonds. The minimum atomic E-state index is 0.121. The molecule has 1 atom stereocenters. The number of ether oxygens (including phenoxy) is 1. The third-order valence-corrected chi connectivity index (χ3v) is 3.13. The predicted octanol–water partition coefficient (Wildman–Crippen LogP) is 1.13. The molecule has 0 spiro atoms. The van der Waals surface area contributed by atoms with Crippen LogP contribution < -0.4 is 5.32 Å². The Morgan fingerprint density at radius 3 is 2.93 bits per heavy atom. The van der Waals surface area contributed by atoms with Gasteiger partial charge in [-0.3, -0.25) is 0 Å². The SMILES string of the molecule is CC1(C)CN(CC2CCCO2)C(=S)N1. The summed E-state index contributed by atoms with van der Waals surface area (Å²) in [6.07, 6.45) is 2.77. The van der Waals surface area contributed by atoms with Crippen molar-refractivity contribution in [2.45, 2.75) is 38.3 Å². The van der Waals surface area contributed by atoms with Gasteiger partial charge in [0.15, 0.2) is 5.11 Å². The maximum Gasteiger partial charge on any atom is 0.169 e. The number of nitrogens with one attached hydrogen (secondary N) is 1. The van der Waals surface area contributed by atoms with E-state index >= 15 is 0 Å². The van der Waals surface area contributed by atoms with Crippen LogP contribution in [0.5, 0.6) is 0 Å². The van der Waals surface area contributed by atoms with Crippen molar-refractivity contribution in [3.63, 3.8) is 0 Å². The molecule has 0 bridgehead atoms. The Kier molecular flexibility index (Phi) is 2.66. The van der Waals surface area contributed by atoms with Crippen molar-refractivity contribution >= 4 is 17.3 Å². The van der Waals surface area contributed by atoms with E-state index in [0.717, 1.165) is 24.8 Å². The van der Waals surface area contributed by atoms with E-state index in [9.17, 15) is 0 Å². The molecule has 2 saturated heterocycles. The van der Waals surface area contributed by atoms with Crippen molar-refractivity contribution in [1.29, 1.82) is 0 Å². The molecule has 0 aliphatic carbocycles. The highest BCUT2D eigenvalue weighted by molar-refractivity contribution is 7.80. The number of thiocarbonyl (C=S) groups is 1. The Morgan fingerprint density at radius 1 is 1.64 bits per heavy atom. The summed E-state index contributed by atoms with van der Waals surface area (Å²) in [6, 6.07) is 0. The van der Waals surface area contributed by atoms with Gasteiger partial charge in [0.25, 0.3) is 0 Å². The standard InChI is InChI=1S/C10H18N2OS/c1-10(2)7-12(9(14)11-10)6-8-4-3-5-13-8/h8H,3-7H2,1-2H3,(H,11,14). The summed E-state index contributed by atoms with van der Waals surface area (Å²) in [4.78, 5) is 2.23. The van der Waals surface area contributed by atoms with Crippen LogP contribution in [0.4, 0.5) is 0 Å². The summed E-state index contributed by atoms with van der Waals surface area (Å²) >= 11 is 5.28. The molecular weight excluding hydrogens is 196 g/mol. The van der Waals surface area contributed by atoms with E-state index in [1.54, 1.807) is 0 Å². The topological polar surface area (TPSA) is 24.5 Å². The van der Waals surface area contributed by atoms with E-state index in [1.165, 1.54) is 12.8 Å². The Hall–Kier alpha value is -0.350. The molecule has 2 aliphatic rings. The Balaban J connectivity index is 1.89. The van der Waals surface area contributed by atoms with E-state index in [0.29, 0.717) is 6.10 Å². The van der Waals surface area contributed by atoms with Crippen molar-refractivity contribution < 1.29 is 4.74 Å². The minimum Gasteiger partial charge on any atom is -0.376 e. The number of rotatable bonds is 2. The molecule has 0 aromatic rings. The lowest BCUT2D eigenvalue weighted by atomic mass is 10.1. The van der Waals surface area contributed by atoms with E-state index in [4.69, 9.17) is 17.0 Å². The van der Waals surface area contributed by atoms with Crippen LogP contribution in [-0.4, -0.2) is 41.4 Å². The first-order valence-electron chi connectivity index (χ1n) is 5.25. The van der Waals surface area contributed by atoms with Gasteiger partial charge in [-0.2, -0.15) is 0 Å². The molecule has 1 unspecified atom stereocenters. The fourth-order valence-electron chi connectivity index (χ4n) is 2.14. The summed E-state index contributed by atoms with van der Waals surface area (Å²) in [6.45, 7) is 7.21. The lowest BCUT2D eigenvalue weighted by Crippen LogP contribution is -2.36. The van der Waals surface area contributed by atoms with Gasteiger partial charge < -0.3 is 15.0 Å². The van der Waals surface area contributed by atoms with Gasteiger partial charge >= 0.3 is 0 Å². The monoisotopic (exact) mass is 214 g/mol. The van der Waals surface area contributed by atoms with E-state index in [-0.39, 0.29) is 5.54 Å². The van der Waals surface area contributed by atoms with Crippen LogP contribution in [0.3, 0.4) is 0 Å². The zero-order valence-corrected chi connectivity index (χ0v) is 9.69. The minimum absolute atomic E-state index is 0.121. The van der Waals surface area contributed by atoms with E-state index in [2.05, 4.69) is 24.1 Å². The number of nitrogens with zero attached hydrogens (tertiary/aromatic N) is 1. The lowest BCUT2D eigenvalue weighted by molar-refractivity contribution is 0.0921.